The number of hydrogen-bond donors (Lipinski definition) is 1. The van der Waals surface area contributed by atoms with Crippen LogP contribution in [0.5, 0.6) is 0 Å². The van der Waals surface area contributed by atoms with Gasteiger partial charge in [-0.3, -0.25) is 4.68 Å². The number of rotatable bonds is 4. The summed E-state index contributed by atoms with van der Waals surface area (Å²) in [5.41, 5.74) is 0. The first kappa shape index (κ1) is 9.21. The summed E-state index contributed by atoms with van der Waals surface area (Å²) < 4.78 is 1.89. The summed E-state index contributed by atoms with van der Waals surface area (Å²) in [6.45, 7) is 3.78. The maximum Gasteiger partial charge on any atom is 0.182 e. The molecule has 0 unspecified atom stereocenters. The number of nitrogens with one attached hydrogen (secondary N) is 1. The van der Waals surface area contributed by atoms with E-state index in [-0.39, 0.29) is 0 Å². The van der Waals surface area contributed by atoms with Crippen molar-refractivity contribution in [3.63, 3.8) is 0 Å². The van der Waals surface area contributed by atoms with Gasteiger partial charge in [-0.05, 0) is 13.0 Å². The third kappa shape index (κ3) is 2.11. The Morgan fingerprint density at radius 3 is 3.21 bits per heavy atom. The van der Waals surface area contributed by atoms with Gasteiger partial charge in [-0.1, -0.05) is 0 Å². The lowest BCUT2D eigenvalue weighted by molar-refractivity contribution is 0.694. The maximum absolute atomic E-state index is 4.25. The van der Waals surface area contributed by atoms with E-state index in [0.29, 0.717) is 0 Å². The summed E-state index contributed by atoms with van der Waals surface area (Å²) in [5.74, 6) is 0. The molecule has 2 aromatic rings. The molecular formula is C9H12N4S. The minimum atomic E-state index is 0.802. The first-order valence-corrected chi connectivity index (χ1v) is 5.36. The van der Waals surface area contributed by atoms with Gasteiger partial charge in [0.1, 0.15) is 0 Å². The van der Waals surface area contributed by atoms with Crippen LogP contribution in [0.15, 0.2) is 24.7 Å². The van der Waals surface area contributed by atoms with Crippen LogP contribution in [-0.4, -0.2) is 21.3 Å². The van der Waals surface area contributed by atoms with Gasteiger partial charge in [0.15, 0.2) is 5.13 Å². The minimum absolute atomic E-state index is 0.802. The van der Waals surface area contributed by atoms with Crippen molar-refractivity contribution in [2.75, 3.05) is 11.9 Å². The molecule has 0 aliphatic heterocycles. The normalized spacial score (nSPS) is 10.4. The minimum Gasteiger partial charge on any atom is -0.362 e. The van der Waals surface area contributed by atoms with Gasteiger partial charge in [0.2, 0.25) is 0 Å². The molecule has 0 radical (unpaired) electrons. The van der Waals surface area contributed by atoms with Crippen molar-refractivity contribution in [1.82, 2.24) is 14.8 Å². The van der Waals surface area contributed by atoms with Crippen molar-refractivity contribution in [3.05, 3.63) is 29.5 Å². The Balaban J connectivity index is 2.03. The van der Waals surface area contributed by atoms with E-state index in [2.05, 4.69) is 22.3 Å². The fourth-order valence-corrected chi connectivity index (χ4v) is 2.04. The Hall–Kier alpha value is -1.36. The molecule has 0 fully saturated rings. The SMILES string of the molecule is CCNc1ncc(Cn2cccn2)s1. The zero-order valence-electron chi connectivity index (χ0n) is 7.97. The van der Waals surface area contributed by atoms with Crippen LogP contribution in [-0.2, 0) is 6.54 Å². The van der Waals surface area contributed by atoms with Crippen LogP contribution >= 0.6 is 11.3 Å². The summed E-state index contributed by atoms with van der Waals surface area (Å²) >= 11 is 1.67. The molecule has 2 rings (SSSR count). The second kappa shape index (κ2) is 4.23. The standard InChI is InChI=1S/C9H12N4S/c1-2-10-9-11-6-8(14-9)7-13-5-3-4-12-13/h3-6H,2,7H2,1H3,(H,10,11). The molecule has 74 valence electrons. The van der Waals surface area contributed by atoms with E-state index >= 15 is 0 Å². The van der Waals surface area contributed by atoms with Crippen molar-refractivity contribution in [2.24, 2.45) is 0 Å². The van der Waals surface area contributed by atoms with Gasteiger partial charge in [0.25, 0.3) is 0 Å². The molecule has 0 aliphatic carbocycles. The number of nitrogens with zero attached hydrogens (tertiary/aromatic N) is 3. The third-order valence-electron chi connectivity index (χ3n) is 1.76. The van der Waals surface area contributed by atoms with Crippen LogP contribution in [0.3, 0.4) is 0 Å². The maximum atomic E-state index is 4.25. The Morgan fingerprint density at radius 2 is 2.50 bits per heavy atom. The van der Waals surface area contributed by atoms with Gasteiger partial charge in [0.05, 0.1) is 6.54 Å². The Bertz CT molecular complexity index is 379. The summed E-state index contributed by atoms with van der Waals surface area (Å²) in [5, 5.41) is 8.31. The first-order chi connectivity index (χ1) is 6.88. The highest BCUT2D eigenvalue weighted by atomic mass is 32.1. The second-order valence-electron chi connectivity index (χ2n) is 2.87. The molecule has 0 aromatic carbocycles. The van der Waals surface area contributed by atoms with E-state index in [1.807, 2.05) is 23.1 Å². The lowest BCUT2D eigenvalue weighted by atomic mass is 10.5. The van der Waals surface area contributed by atoms with Crippen LogP contribution in [0.1, 0.15) is 11.8 Å². The topological polar surface area (TPSA) is 42.7 Å². The van der Waals surface area contributed by atoms with E-state index in [9.17, 15) is 0 Å². The average molecular weight is 208 g/mol. The molecule has 0 saturated heterocycles. The largest absolute Gasteiger partial charge is 0.362 e. The molecule has 2 aromatic heterocycles. The van der Waals surface area contributed by atoms with Crippen molar-refractivity contribution < 1.29 is 0 Å². The number of anilines is 1. The lowest BCUT2D eigenvalue weighted by Gasteiger charge is -1.96. The summed E-state index contributed by atoms with van der Waals surface area (Å²) in [7, 11) is 0. The van der Waals surface area contributed by atoms with Crippen molar-refractivity contribution in [2.45, 2.75) is 13.5 Å². The number of aromatic nitrogens is 3. The van der Waals surface area contributed by atoms with Gasteiger partial charge in [-0.25, -0.2) is 4.98 Å². The van der Waals surface area contributed by atoms with E-state index in [1.165, 1.54) is 4.88 Å². The predicted molar refractivity (Wildman–Crippen MR) is 57.6 cm³/mol. The smallest absolute Gasteiger partial charge is 0.182 e. The third-order valence-corrected chi connectivity index (χ3v) is 2.70. The fraction of sp³-hybridized carbons (Fsp3) is 0.333. The van der Waals surface area contributed by atoms with Gasteiger partial charge in [-0.2, -0.15) is 5.10 Å². The Labute approximate surface area is 86.6 Å². The molecule has 4 nitrogen and oxygen atoms in total. The second-order valence-corrected chi connectivity index (χ2v) is 3.98. The van der Waals surface area contributed by atoms with Crippen molar-refractivity contribution in [3.8, 4) is 0 Å². The van der Waals surface area contributed by atoms with Gasteiger partial charge < -0.3 is 5.32 Å². The molecule has 0 bridgehead atoms. The Kier molecular flexibility index (Phi) is 2.78. The van der Waals surface area contributed by atoms with Crippen LogP contribution in [0.4, 0.5) is 5.13 Å². The predicted octanol–water partition coefficient (Wildman–Crippen LogP) is 1.82. The number of thiazole rings is 1. The molecule has 0 saturated carbocycles. The molecule has 1 N–H and O–H groups in total. The van der Waals surface area contributed by atoms with E-state index in [0.717, 1.165) is 18.2 Å². The van der Waals surface area contributed by atoms with Crippen molar-refractivity contribution >= 4 is 16.5 Å². The first-order valence-electron chi connectivity index (χ1n) is 4.54. The zero-order chi connectivity index (χ0) is 9.80. The van der Waals surface area contributed by atoms with Gasteiger partial charge in [0, 0.05) is 30.0 Å². The quantitative estimate of drug-likeness (QED) is 0.833. The molecule has 0 amide bonds. The Morgan fingerprint density at radius 1 is 1.57 bits per heavy atom. The van der Waals surface area contributed by atoms with Crippen LogP contribution in [0.25, 0.3) is 0 Å². The molecule has 0 aliphatic rings. The van der Waals surface area contributed by atoms with Crippen LogP contribution in [0, 0.1) is 0 Å². The van der Waals surface area contributed by atoms with E-state index in [1.54, 1.807) is 17.5 Å². The van der Waals surface area contributed by atoms with Crippen LogP contribution < -0.4 is 5.32 Å². The molecule has 0 atom stereocenters. The summed E-state index contributed by atoms with van der Waals surface area (Å²) in [4.78, 5) is 5.47. The zero-order valence-corrected chi connectivity index (χ0v) is 8.79. The van der Waals surface area contributed by atoms with E-state index < -0.39 is 0 Å². The van der Waals surface area contributed by atoms with E-state index in [4.69, 9.17) is 0 Å². The van der Waals surface area contributed by atoms with Crippen LogP contribution in [0.2, 0.25) is 0 Å². The molecule has 5 heteroatoms. The average Bonchev–Trinajstić information content (AvgIpc) is 2.79. The molecular weight excluding hydrogens is 196 g/mol. The lowest BCUT2D eigenvalue weighted by Crippen LogP contribution is -1.97. The molecule has 0 spiro atoms. The highest BCUT2D eigenvalue weighted by Gasteiger charge is 2.01. The van der Waals surface area contributed by atoms with Gasteiger partial charge >= 0.3 is 0 Å². The van der Waals surface area contributed by atoms with Crippen molar-refractivity contribution in [1.29, 1.82) is 0 Å². The van der Waals surface area contributed by atoms with Gasteiger partial charge in [-0.15, -0.1) is 11.3 Å². The molecule has 2 heterocycles. The highest BCUT2D eigenvalue weighted by Crippen LogP contribution is 2.18. The fourth-order valence-electron chi connectivity index (χ4n) is 1.17. The molecule has 14 heavy (non-hydrogen) atoms. The number of hydrogen-bond acceptors (Lipinski definition) is 4. The summed E-state index contributed by atoms with van der Waals surface area (Å²) in [6, 6.07) is 1.92. The summed E-state index contributed by atoms with van der Waals surface area (Å²) in [6.07, 6.45) is 5.63. The monoisotopic (exact) mass is 208 g/mol. The highest BCUT2D eigenvalue weighted by molar-refractivity contribution is 7.15.